The van der Waals surface area contributed by atoms with Crippen molar-refractivity contribution in [1.82, 2.24) is 4.90 Å². The Hall–Kier alpha value is -0.610. The summed E-state index contributed by atoms with van der Waals surface area (Å²) in [6.45, 7) is 8.40. The molecule has 4 heteroatoms. The van der Waals surface area contributed by atoms with Gasteiger partial charge in [-0.3, -0.25) is 4.90 Å². The van der Waals surface area contributed by atoms with Crippen molar-refractivity contribution in [2.24, 2.45) is 0 Å². The monoisotopic (exact) mass is 328 g/mol. The summed E-state index contributed by atoms with van der Waals surface area (Å²) in [6.07, 6.45) is 1.12. The Morgan fingerprint density at radius 3 is 2.74 bits per heavy atom. The zero-order chi connectivity index (χ0) is 13.8. The van der Waals surface area contributed by atoms with Crippen molar-refractivity contribution >= 4 is 21.6 Å². The van der Waals surface area contributed by atoms with E-state index in [4.69, 9.17) is 0 Å². The summed E-state index contributed by atoms with van der Waals surface area (Å²) in [4.78, 5) is 4.67. The van der Waals surface area contributed by atoms with Gasteiger partial charge in [-0.15, -0.1) is 0 Å². The van der Waals surface area contributed by atoms with Crippen LogP contribution in [0.25, 0.3) is 0 Å². The van der Waals surface area contributed by atoms with Gasteiger partial charge in [-0.2, -0.15) is 0 Å². The number of para-hydroxylation sites is 1. The number of hydrogen-bond donors (Lipinski definition) is 0. The molecule has 1 unspecified atom stereocenters. The molecular formula is C15H22BrFN2. The number of benzene rings is 1. The van der Waals surface area contributed by atoms with Gasteiger partial charge in [-0.05, 0) is 31.1 Å². The topological polar surface area (TPSA) is 6.48 Å². The smallest absolute Gasteiger partial charge is 0.146 e. The van der Waals surface area contributed by atoms with Crippen molar-refractivity contribution < 1.29 is 4.39 Å². The minimum Gasteiger partial charge on any atom is -0.367 e. The maximum atomic E-state index is 14.1. The Morgan fingerprint density at radius 1 is 1.37 bits per heavy atom. The molecular weight excluding hydrogens is 307 g/mol. The van der Waals surface area contributed by atoms with Crippen molar-refractivity contribution in [3.63, 3.8) is 0 Å². The van der Waals surface area contributed by atoms with Crippen molar-refractivity contribution in [1.29, 1.82) is 0 Å². The summed E-state index contributed by atoms with van der Waals surface area (Å²) >= 11 is 3.46. The third-order valence-electron chi connectivity index (χ3n) is 4.02. The number of rotatable bonds is 5. The van der Waals surface area contributed by atoms with Crippen LogP contribution in [0.1, 0.15) is 25.8 Å². The van der Waals surface area contributed by atoms with Crippen LogP contribution in [0, 0.1) is 5.82 Å². The highest BCUT2D eigenvalue weighted by molar-refractivity contribution is 9.08. The molecule has 1 aromatic carbocycles. The van der Waals surface area contributed by atoms with Gasteiger partial charge in [0.05, 0.1) is 5.69 Å². The molecule has 1 atom stereocenters. The maximum Gasteiger partial charge on any atom is 0.146 e. The number of hydrogen-bond acceptors (Lipinski definition) is 2. The summed E-state index contributed by atoms with van der Waals surface area (Å²) in [5.41, 5.74) is 1.83. The summed E-state index contributed by atoms with van der Waals surface area (Å²) in [7, 11) is 0. The van der Waals surface area contributed by atoms with Gasteiger partial charge in [-0.25, -0.2) is 4.39 Å². The fraction of sp³-hybridized carbons (Fsp3) is 0.600. The van der Waals surface area contributed by atoms with Crippen LogP contribution in [0.3, 0.4) is 0 Å². The minimum absolute atomic E-state index is 0.0999. The molecule has 1 fully saturated rings. The van der Waals surface area contributed by atoms with Crippen LogP contribution in [0.4, 0.5) is 10.1 Å². The normalized spacial score (nSPS) is 19.4. The van der Waals surface area contributed by atoms with E-state index in [9.17, 15) is 4.39 Å². The molecule has 0 aromatic heterocycles. The van der Waals surface area contributed by atoms with E-state index in [-0.39, 0.29) is 5.82 Å². The lowest BCUT2D eigenvalue weighted by molar-refractivity contribution is 0.232. The van der Waals surface area contributed by atoms with E-state index in [1.807, 2.05) is 6.07 Å². The Balaban J connectivity index is 2.17. The standard InChI is InChI=1S/C15H22BrFN2/c1-3-18(4-2)13-8-9-19(11-13)15-12(10-16)6-5-7-14(15)17/h5-7,13H,3-4,8-11H2,1-2H3. The molecule has 0 spiro atoms. The zero-order valence-corrected chi connectivity index (χ0v) is 13.3. The summed E-state index contributed by atoms with van der Waals surface area (Å²) < 4.78 is 14.1. The molecule has 0 saturated carbocycles. The first-order valence-corrected chi connectivity index (χ1v) is 8.15. The third-order valence-corrected chi connectivity index (χ3v) is 4.63. The van der Waals surface area contributed by atoms with E-state index in [1.165, 1.54) is 0 Å². The first-order valence-electron chi connectivity index (χ1n) is 7.03. The minimum atomic E-state index is -0.0999. The van der Waals surface area contributed by atoms with E-state index < -0.39 is 0 Å². The molecule has 0 aliphatic carbocycles. The SMILES string of the molecule is CCN(CC)C1CCN(c2c(F)cccc2CBr)C1. The highest BCUT2D eigenvalue weighted by atomic mass is 79.9. The van der Waals surface area contributed by atoms with Gasteiger partial charge in [0, 0.05) is 24.5 Å². The van der Waals surface area contributed by atoms with E-state index in [2.05, 4.69) is 39.6 Å². The van der Waals surface area contributed by atoms with E-state index >= 15 is 0 Å². The van der Waals surface area contributed by atoms with Gasteiger partial charge < -0.3 is 4.90 Å². The van der Waals surface area contributed by atoms with Gasteiger partial charge >= 0.3 is 0 Å². The highest BCUT2D eigenvalue weighted by Crippen LogP contribution is 2.30. The number of likely N-dealkylation sites (N-methyl/N-ethyl adjacent to an activating group) is 1. The first kappa shape index (κ1) is 14.8. The molecule has 1 saturated heterocycles. The molecule has 0 amide bonds. The average molecular weight is 329 g/mol. The maximum absolute atomic E-state index is 14.1. The van der Waals surface area contributed by atoms with Crippen molar-refractivity contribution in [3.05, 3.63) is 29.6 Å². The Bertz CT molecular complexity index is 421. The van der Waals surface area contributed by atoms with E-state index in [0.29, 0.717) is 11.4 Å². The fourth-order valence-corrected chi connectivity index (χ4v) is 3.46. The van der Waals surface area contributed by atoms with E-state index in [0.717, 1.165) is 43.9 Å². The Labute approximate surface area is 123 Å². The quantitative estimate of drug-likeness (QED) is 0.761. The van der Waals surface area contributed by atoms with Crippen LogP contribution < -0.4 is 4.90 Å². The molecule has 106 valence electrons. The molecule has 0 bridgehead atoms. The predicted octanol–water partition coefficient (Wildman–Crippen LogP) is 3.64. The molecule has 1 heterocycles. The number of alkyl halides is 1. The lowest BCUT2D eigenvalue weighted by Gasteiger charge is -2.27. The van der Waals surface area contributed by atoms with Gasteiger partial charge in [0.15, 0.2) is 0 Å². The predicted molar refractivity (Wildman–Crippen MR) is 82.6 cm³/mol. The molecule has 0 radical (unpaired) electrons. The van der Waals surface area contributed by atoms with Crippen molar-refractivity contribution in [2.75, 3.05) is 31.1 Å². The second kappa shape index (κ2) is 6.71. The molecule has 1 aromatic rings. The summed E-state index contributed by atoms with van der Waals surface area (Å²) in [5.74, 6) is -0.0999. The molecule has 1 aliphatic rings. The van der Waals surface area contributed by atoms with Crippen molar-refractivity contribution in [3.8, 4) is 0 Å². The first-order chi connectivity index (χ1) is 9.21. The fourth-order valence-electron chi connectivity index (χ4n) is 3.00. The molecule has 1 aliphatic heterocycles. The lowest BCUT2D eigenvalue weighted by atomic mass is 10.1. The molecule has 2 nitrogen and oxygen atoms in total. The summed E-state index contributed by atoms with van der Waals surface area (Å²) in [5, 5.41) is 0.701. The van der Waals surface area contributed by atoms with Gasteiger partial charge in [0.25, 0.3) is 0 Å². The zero-order valence-electron chi connectivity index (χ0n) is 11.7. The van der Waals surface area contributed by atoms with Crippen LogP contribution in [-0.4, -0.2) is 37.1 Å². The number of halogens is 2. The summed E-state index contributed by atoms with van der Waals surface area (Å²) in [6, 6.07) is 5.90. The second-order valence-corrected chi connectivity index (χ2v) is 5.55. The largest absolute Gasteiger partial charge is 0.367 e. The molecule has 2 rings (SSSR count). The number of anilines is 1. The Kier molecular flexibility index (Phi) is 5.22. The van der Waals surface area contributed by atoms with Crippen LogP contribution in [0.5, 0.6) is 0 Å². The Morgan fingerprint density at radius 2 is 2.11 bits per heavy atom. The molecule has 0 N–H and O–H groups in total. The third kappa shape index (κ3) is 3.11. The van der Waals surface area contributed by atoms with E-state index in [1.54, 1.807) is 12.1 Å². The molecule has 19 heavy (non-hydrogen) atoms. The second-order valence-electron chi connectivity index (χ2n) is 4.99. The van der Waals surface area contributed by atoms with Crippen molar-refractivity contribution in [2.45, 2.75) is 31.6 Å². The van der Waals surface area contributed by atoms with Crippen LogP contribution in [0.2, 0.25) is 0 Å². The van der Waals surface area contributed by atoms with Gasteiger partial charge in [0.2, 0.25) is 0 Å². The van der Waals surface area contributed by atoms with Gasteiger partial charge in [-0.1, -0.05) is 41.9 Å². The van der Waals surface area contributed by atoms with Gasteiger partial charge in [0.1, 0.15) is 5.82 Å². The van der Waals surface area contributed by atoms with Crippen LogP contribution >= 0.6 is 15.9 Å². The highest BCUT2D eigenvalue weighted by Gasteiger charge is 2.28. The number of nitrogens with zero attached hydrogens (tertiary/aromatic N) is 2. The van der Waals surface area contributed by atoms with Crippen LogP contribution in [-0.2, 0) is 5.33 Å². The average Bonchev–Trinajstić information content (AvgIpc) is 2.89. The lowest BCUT2D eigenvalue weighted by Crippen LogP contribution is -2.37. The van der Waals surface area contributed by atoms with Crippen LogP contribution in [0.15, 0.2) is 18.2 Å².